The number of rotatable bonds is 7. The van der Waals surface area contributed by atoms with Gasteiger partial charge < -0.3 is 24.4 Å². The molecule has 0 radical (unpaired) electrons. The standard InChI is InChI=1S/C18H20O6/c1-22-15-9-13(10-16(23-2)17(15)24-3)14(19)8-11-4-6-12(7-5-11)18(20)21/h4-7,9-10,14,19H,8H2,1-3H3,(H,20,21). The van der Waals surface area contributed by atoms with Gasteiger partial charge in [-0.3, -0.25) is 0 Å². The van der Waals surface area contributed by atoms with Gasteiger partial charge in [-0.25, -0.2) is 4.79 Å². The summed E-state index contributed by atoms with van der Waals surface area (Å²) in [5.74, 6) is 0.410. The maximum Gasteiger partial charge on any atom is 0.335 e. The van der Waals surface area contributed by atoms with Crippen molar-refractivity contribution in [3.05, 3.63) is 53.1 Å². The number of carbonyl (C=O) groups is 1. The average Bonchev–Trinajstić information content (AvgIpc) is 2.60. The van der Waals surface area contributed by atoms with E-state index in [1.165, 1.54) is 33.5 Å². The molecule has 24 heavy (non-hydrogen) atoms. The molecular formula is C18H20O6. The van der Waals surface area contributed by atoms with E-state index in [0.717, 1.165) is 5.56 Å². The first-order valence-corrected chi connectivity index (χ1v) is 7.30. The minimum Gasteiger partial charge on any atom is -0.493 e. The van der Waals surface area contributed by atoms with Crippen molar-refractivity contribution >= 4 is 5.97 Å². The van der Waals surface area contributed by atoms with Gasteiger partial charge in [-0.1, -0.05) is 12.1 Å². The lowest BCUT2D eigenvalue weighted by Crippen LogP contribution is -2.05. The highest BCUT2D eigenvalue weighted by Crippen LogP contribution is 2.40. The van der Waals surface area contributed by atoms with Crippen LogP contribution in [0.2, 0.25) is 0 Å². The van der Waals surface area contributed by atoms with Crippen LogP contribution in [0.3, 0.4) is 0 Å². The Labute approximate surface area is 140 Å². The van der Waals surface area contributed by atoms with Crippen molar-refractivity contribution in [3.8, 4) is 17.2 Å². The maximum absolute atomic E-state index is 10.9. The normalized spacial score (nSPS) is 11.7. The molecule has 2 N–H and O–H groups in total. The molecule has 128 valence electrons. The zero-order chi connectivity index (χ0) is 17.7. The topological polar surface area (TPSA) is 85.2 Å². The number of hydrogen-bond acceptors (Lipinski definition) is 5. The second-order valence-electron chi connectivity index (χ2n) is 5.18. The van der Waals surface area contributed by atoms with Gasteiger partial charge in [0.15, 0.2) is 11.5 Å². The van der Waals surface area contributed by atoms with Crippen LogP contribution in [0.5, 0.6) is 17.2 Å². The number of benzene rings is 2. The monoisotopic (exact) mass is 332 g/mol. The quantitative estimate of drug-likeness (QED) is 0.811. The molecule has 0 fully saturated rings. The van der Waals surface area contributed by atoms with Gasteiger partial charge in [0.1, 0.15) is 0 Å². The molecule has 0 saturated heterocycles. The third kappa shape index (κ3) is 3.78. The predicted octanol–water partition coefficient (Wildman–Crippen LogP) is 2.69. The molecule has 0 bridgehead atoms. The summed E-state index contributed by atoms with van der Waals surface area (Å²) >= 11 is 0. The van der Waals surface area contributed by atoms with Crippen LogP contribution in [0.4, 0.5) is 0 Å². The zero-order valence-electron chi connectivity index (χ0n) is 13.8. The van der Waals surface area contributed by atoms with Gasteiger partial charge in [-0.05, 0) is 35.4 Å². The highest BCUT2D eigenvalue weighted by Gasteiger charge is 2.17. The third-order valence-corrected chi connectivity index (χ3v) is 3.70. The highest BCUT2D eigenvalue weighted by atomic mass is 16.5. The van der Waals surface area contributed by atoms with E-state index in [2.05, 4.69) is 0 Å². The molecule has 0 heterocycles. The molecule has 6 heteroatoms. The fourth-order valence-electron chi connectivity index (χ4n) is 2.42. The van der Waals surface area contributed by atoms with Crippen LogP contribution in [0.25, 0.3) is 0 Å². The van der Waals surface area contributed by atoms with Gasteiger partial charge in [-0.2, -0.15) is 0 Å². The van der Waals surface area contributed by atoms with Crippen LogP contribution < -0.4 is 14.2 Å². The molecule has 0 aromatic heterocycles. The summed E-state index contributed by atoms with van der Waals surface area (Å²) in [6, 6.07) is 9.78. The van der Waals surface area contributed by atoms with Crippen molar-refractivity contribution in [2.24, 2.45) is 0 Å². The summed E-state index contributed by atoms with van der Waals surface area (Å²) in [7, 11) is 4.54. The molecule has 0 aliphatic heterocycles. The molecule has 2 aromatic rings. The molecule has 6 nitrogen and oxygen atoms in total. The molecule has 2 aromatic carbocycles. The summed E-state index contributed by atoms with van der Waals surface area (Å²) in [5, 5.41) is 19.4. The largest absolute Gasteiger partial charge is 0.493 e. The molecule has 0 aliphatic rings. The second kappa shape index (κ2) is 7.70. The number of aliphatic hydroxyl groups is 1. The van der Waals surface area contributed by atoms with Crippen molar-refractivity contribution in [2.45, 2.75) is 12.5 Å². The van der Waals surface area contributed by atoms with E-state index in [1.807, 2.05) is 0 Å². The Hall–Kier alpha value is -2.73. The lowest BCUT2D eigenvalue weighted by Gasteiger charge is -2.17. The van der Waals surface area contributed by atoms with Gasteiger partial charge >= 0.3 is 5.97 Å². The van der Waals surface area contributed by atoms with E-state index >= 15 is 0 Å². The Morgan fingerprint density at radius 3 is 1.96 bits per heavy atom. The van der Waals surface area contributed by atoms with Crippen LogP contribution in [-0.4, -0.2) is 37.5 Å². The Bertz CT molecular complexity index is 683. The van der Waals surface area contributed by atoms with E-state index in [0.29, 0.717) is 29.2 Å². The Morgan fingerprint density at radius 1 is 1.00 bits per heavy atom. The summed E-state index contributed by atoms with van der Waals surface area (Å²) in [4.78, 5) is 10.9. The number of methoxy groups -OCH3 is 3. The first kappa shape index (κ1) is 17.6. The first-order chi connectivity index (χ1) is 11.5. The van der Waals surface area contributed by atoms with Gasteiger partial charge in [0.25, 0.3) is 0 Å². The van der Waals surface area contributed by atoms with Crippen molar-refractivity contribution in [2.75, 3.05) is 21.3 Å². The Morgan fingerprint density at radius 2 is 1.54 bits per heavy atom. The van der Waals surface area contributed by atoms with Gasteiger partial charge in [-0.15, -0.1) is 0 Å². The highest BCUT2D eigenvalue weighted by molar-refractivity contribution is 5.87. The van der Waals surface area contributed by atoms with Crippen LogP contribution in [0.15, 0.2) is 36.4 Å². The van der Waals surface area contributed by atoms with Crippen molar-refractivity contribution < 1.29 is 29.2 Å². The van der Waals surface area contributed by atoms with E-state index in [4.69, 9.17) is 19.3 Å². The summed E-state index contributed by atoms with van der Waals surface area (Å²) in [5.41, 5.74) is 1.65. The molecule has 0 amide bonds. The Balaban J connectivity index is 2.25. The van der Waals surface area contributed by atoms with E-state index in [1.54, 1.807) is 24.3 Å². The number of aromatic carboxylic acids is 1. The van der Waals surface area contributed by atoms with Crippen LogP contribution in [-0.2, 0) is 6.42 Å². The molecule has 0 saturated carbocycles. The minimum atomic E-state index is -0.980. The van der Waals surface area contributed by atoms with Gasteiger partial charge in [0.2, 0.25) is 5.75 Å². The average molecular weight is 332 g/mol. The molecule has 1 unspecified atom stereocenters. The smallest absolute Gasteiger partial charge is 0.335 e. The van der Waals surface area contributed by atoms with E-state index in [9.17, 15) is 9.90 Å². The lowest BCUT2D eigenvalue weighted by molar-refractivity contribution is 0.0697. The number of aliphatic hydroxyl groups excluding tert-OH is 1. The lowest BCUT2D eigenvalue weighted by atomic mass is 9.99. The fraction of sp³-hybridized carbons (Fsp3) is 0.278. The maximum atomic E-state index is 10.9. The SMILES string of the molecule is COc1cc(C(O)Cc2ccc(C(=O)O)cc2)cc(OC)c1OC. The zero-order valence-corrected chi connectivity index (χ0v) is 13.8. The van der Waals surface area contributed by atoms with E-state index in [-0.39, 0.29) is 5.56 Å². The van der Waals surface area contributed by atoms with Crippen molar-refractivity contribution in [1.29, 1.82) is 0 Å². The summed E-state index contributed by atoms with van der Waals surface area (Å²) in [6.45, 7) is 0. The summed E-state index contributed by atoms with van der Waals surface area (Å²) in [6.07, 6.45) is -0.465. The van der Waals surface area contributed by atoms with E-state index < -0.39 is 12.1 Å². The second-order valence-corrected chi connectivity index (χ2v) is 5.18. The van der Waals surface area contributed by atoms with Crippen molar-refractivity contribution in [1.82, 2.24) is 0 Å². The Kier molecular flexibility index (Phi) is 5.65. The molecule has 1 atom stereocenters. The molecule has 2 rings (SSSR count). The van der Waals surface area contributed by atoms with Gasteiger partial charge in [0, 0.05) is 6.42 Å². The van der Waals surface area contributed by atoms with Crippen LogP contribution in [0, 0.1) is 0 Å². The number of hydrogen-bond donors (Lipinski definition) is 2. The number of carboxylic acid groups (broad SMARTS) is 1. The molecular weight excluding hydrogens is 312 g/mol. The third-order valence-electron chi connectivity index (χ3n) is 3.70. The number of carboxylic acids is 1. The van der Waals surface area contributed by atoms with Gasteiger partial charge in [0.05, 0.1) is 33.0 Å². The summed E-state index contributed by atoms with van der Waals surface area (Å²) < 4.78 is 15.8. The number of ether oxygens (including phenoxy) is 3. The van der Waals surface area contributed by atoms with Crippen LogP contribution in [0.1, 0.15) is 27.6 Å². The fourth-order valence-corrected chi connectivity index (χ4v) is 2.42. The molecule has 0 spiro atoms. The predicted molar refractivity (Wildman–Crippen MR) is 88.2 cm³/mol. The molecule has 0 aliphatic carbocycles. The van der Waals surface area contributed by atoms with Crippen LogP contribution >= 0.6 is 0 Å². The van der Waals surface area contributed by atoms with Crippen molar-refractivity contribution in [3.63, 3.8) is 0 Å². The minimum absolute atomic E-state index is 0.209. The first-order valence-electron chi connectivity index (χ1n) is 7.30.